The number of hydrogen-bond donors (Lipinski definition) is 1. The van der Waals surface area contributed by atoms with Crippen LogP contribution in [0.2, 0.25) is 0 Å². The van der Waals surface area contributed by atoms with Crippen molar-refractivity contribution in [3.8, 4) is 11.1 Å². The van der Waals surface area contributed by atoms with E-state index in [9.17, 15) is 13.2 Å². The van der Waals surface area contributed by atoms with Crippen molar-refractivity contribution in [1.82, 2.24) is 19.5 Å². The van der Waals surface area contributed by atoms with Crippen LogP contribution >= 0.6 is 0 Å². The molecular weight excluding hydrogens is 460 g/mol. The molecule has 0 saturated heterocycles. The first-order valence-electron chi connectivity index (χ1n) is 11.2. The van der Waals surface area contributed by atoms with Crippen LogP contribution in [0.25, 0.3) is 32.8 Å². The predicted molar refractivity (Wildman–Crippen MR) is 138 cm³/mol. The lowest BCUT2D eigenvalue weighted by Crippen LogP contribution is -2.25. The van der Waals surface area contributed by atoms with Crippen molar-refractivity contribution in [3.63, 3.8) is 0 Å². The fourth-order valence-electron chi connectivity index (χ4n) is 4.13. The molecule has 0 bridgehead atoms. The molecule has 0 saturated carbocycles. The van der Waals surface area contributed by atoms with Crippen molar-refractivity contribution in [3.05, 3.63) is 106 Å². The first-order valence-corrected chi connectivity index (χ1v) is 12.8. The second kappa shape index (κ2) is 9.05. The Morgan fingerprint density at radius 1 is 0.943 bits per heavy atom. The Morgan fingerprint density at radius 2 is 1.74 bits per heavy atom. The fraction of sp³-hybridized carbons (Fsp3) is 0.148. The van der Waals surface area contributed by atoms with Gasteiger partial charge in [-0.2, -0.15) is 5.10 Å². The van der Waals surface area contributed by atoms with Crippen molar-refractivity contribution in [2.75, 3.05) is 0 Å². The van der Waals surface area contributed by atoms with Gasteiger partial charge in [0.25, 0.3) is 0 Å². The zero-order chi connectivity index (χ0) is 24.6. The van der Waals surface area contributed by atoms with Gasteiger partial charge in [0.2, 0.25) is 10.0 Å². The van der Waals surface area contributed by atoms with Crippen LogP contribution in [0.4, 0.5) is 0 Å². The summed E-state index contributed by atoms with van der Waals surface area (Å²) in [5.74, 6) is -0.218. The van der Waals surface area contributed by atoms with Crippen LogP contribution in [0.15, 0.2) is 84.0 Å². The Bertz CT molecular complexity index is 1740. The number of rotatable bonds is 6. The highest BCUT2D eigenvalue weighted by atomic mass is 32.2. The van der Waals surface area contributed by atoms with Gasteiger partial charge in [-0.15, -0.1) is 0 Å². The number of hydrogen-bond acceptors (Lipinski definition) is 5. The van der Waals surface area contributed by atoms with E-state index in [1.165, 1.54) is 0 Å². The molecule has 5 rings (SSSR count). The van der Waals surface area contributed by atoms with E-state index in [1.54, 1.807) is 35.3 Å². The summed E-state index contributed by atoms with van der Waals surface area (Å²) in [4.78, 5) is 18.0. The largest absolute Gasteiger partial charge is 0.289 e. The molecular formula is C27H24N4O3S. The Morgan fingerprint density at radius 3 is 2.51 bits per heavy atom. The molecule has 0 amide bonds. The average Bonchev–Trinajstić information content (AvgIpc) is 3.22. The summed E-state index contributed by atoms with van der Waals surface area (Å²) in [6, 6.07) is 18.3. The molecule has 176 valence electrons. The van der Waals surface area contributed by atoms with Crippen LogP contribution in [0.5, 0.6) is 0 Å². The van der Waals surface area contributed by atoms with E-state index in [0.717, 1.165) is 27.6 Å². The highest BCUT2D eigenvalue weighted by Gasteiger charge is 2.14. The Kier molecular flexibility index (Phi) is 5.92. The lowest BCUT2D eigenvalue weighted by Gasteiger charge is -2.09. The van der Waals surface area contributed by atoms with Gasteiger partial charge >= 0.3 is 0 Å². The number of sulfonamides is 1. The van der Waals surface area contributed by atoms with Crippen LogP contribution in [0.3, 0.4) is 0 Å². The number of nitrogens with zero attached hydrogens (tertiary/aromatic N) is 3. The molecule has 2 heterocycles. The molecule has 0 radical (unpaired) electrons. The SMILES string of the molecule is Cc1ccccc1CNS(=O)(=O)Cc1ccc2ccc3ncc(-c4cnn(C)c4)cc3c(=O)c2c1. The standard InChI is InChI=1S/C27H24N4O3S/c1-18-5-3-4-6-21(18)15-30-35(33,34)17-19-7-8-20-9-10-26-25(27(32)24(20)11-19)12-22(13-28-26)23-14-29-31(2)16-23/h3-14,16,30H,15,17H2,1-2H3. The number of fused-ring (bicyclic) bond motifs is 2. The van der Waals surface area contributed by atoms with E-state index in [1.807, 2.05) is 62.6 Å². The molecule has 0 aliphatic rings. The van der Waals surface area contributed by atoms with Crippen molar-refractivity contribution in [1.29, 1.82) is 0 Å². The zero-order valence-corrected chi connectivity index (χ0v) is 20.2. The maximum Gasteiger partial charge on any atom is 0.216 e. The van der Waals surface area contributed by atoms with E-state index in [2.05, 4.69) is 14.8 Å². The molecule has 0 spiro atoms. The van der Waals surface area contributed by atoms with Gasteiger partial charge < -0.3 is 0 Å². The molecule has 2 aromatic heterocycles. The average molecular weight is 485 g/mol. The molecule has 3 aromatic carbocycles. The smallest absolute Gasteiger partial charge is 0.216 e. The normalized spacial score (nSPS) is 11.8. The van der Waals surface area contributed by atoms with E-state index >= 15 is 0 Å². The molecule has 0 fully saturated rings. The van der Waals surface area contributed by atoms with Crippen molar-refractivity contribution < 1.29 is 8.42 Å². The Balaban J connectivity index is 1.50. The summed E-state index contributed by atoms with van der Waals surface area (Å²) >= 11 is 0. The number of aromatic nitrogens is 3. The summed E-state index contributed by atoms with van der Waals surface area (Å²) in [6.45, 7) is 2.17. The van der Waals surface area contributed by atoms with Gasteiger partial charge in [0, 0.05) is 47.9 Å². The minimum Gasteiger partial charge on any atom is -0.289 e. The summed E-state index contributed by atoms with van der Waals surface area (Å²) < 4.78 is 29.9. The molecule has 7 nitrogen and oxygen atoms in total. The fourth-order valence-corrected chi connectivity index (χ4v) is 5.23. The number of pyridine rings is 1. The summed E-state index contributed by atoms with van der Waals surface area (Å²) in [7, 11) is -1.78. The molecule has 1 N–H and O–H groups in total. The summed E-state index contributed by atoms with van der Waals surface area (Å²) in [5, 5.41) is 5.84. The first-order chi connectivity index (χ1) is 16.8. The van der Waals surface area contributed by atoms with Gasteiger partial charge in [0.05, 0.1) is 17.5 Å². The lowest BCUT2D eigenvalue weighted by molar-refractivity contribution is 0.580. The molecule has 0 atom stereocenters. The second-order valence-electron chi connectivity index (χ2n) is 8.65. The van der Waals surface area contributed by atoms with E-state index in [-0.39, 0.29) is 17.7 Å². The van der Waals surface area contributed by atoms with Crippen LogP contribution in [-0.4, -0.2) is 23.2 Å². The third-order valence-electron chi connectivity index (χ3n) is 6.08. The highest BCUT2D eigenvalue weighted by molar-refractivity contribution is 7.88. The van der Waals surface area contributed by atoms with E-state index in [0.29, 0.717) is 21.9 Å². The number of aryl methyl sites for hydroxylation is 2. The molecule has 35 heavy (non-hydrogen) atoms. The summed E-state index contributed by atoms with van der Waals surface area (Å²) in [6.07, 6.45) is 5.31. The number of benzene rings is 2. The van der Waals surface area contributed by atoms with Gasteiger partial charge in [-0.3, -0.25) is 14.5 Å². The third-order valence-corrected chi connectivity index (χ3v) is 7.38. The van der Waals surface area contributed by atoms with Gasteiger partial charge in [-0.1, -0.05) is 42.5 Å². The molecule has 0 unspecified atom stereocenters. The highest BCUT2D eigenvalue weighted by Crippen LogP contribution is 2.22. The summed E-state index contributed by atoms with van der Waals surface area (Å²) in [5.41, 5.74) is 4.54. The van der Waals surface area contributed by atoms with E-state index in [4.69, 9.17) is 0 Å². The topological polar surface area (TPSA) is 93.9 Å². The predicted octanol–water partition coefficient (Wildman–Crippen LogP) is 4.08. The minimum absolute atomic E-state index is 0.189. The Hall–Kier alpha value is -3.88. The van der Waals surface area contributed by atoms with E-state index < -0.39 is 10.0 Å². The maximum atomic E-state index is 13.5. The Labute approximate surface area is 203 Å². The van der Waals surface area contributed by atoms with Crippen LogP contribution in [0, 0.1) is 6.92 Å². The third kappa shape index (κ3) is 4.84. The monoisotopic (exact) mass is 484 g/mol. The first kappa shape index (κ1) is 22.9. The van der Waals surface area contributed by atoms with Gasteiger partial charge in [-0.05, 0) is 47.2 Å². The van der Waals surface area contributed by atoms with Crippen molar-refractivity contribution >= 4 is 31.7 Å². The van der Waals surface area contributed by atoms with Crippen LogP contribution in [0.1, 0.15) is 16.7 Å². The minimum atomic E-state index is -3.60. The maximum absolute atomic E-state index is 13.5. The van der Waals surface area contributed by atoms with Gasteiger partial charge in [0.1, 0.15) is 0 Å². The van der Waals surface area contributed by atoms with Crippen LogP contribution in [-0.2, 0) is 29.4 Å². The van der Waals surface area contributed by atoms with Crippen LogP contribution < -0.4 is 10.2 Å². The molecule has 0 aliphatic carbocycles. The molecule has 5 aromatic rings. The van der Waals surface area contributed by atoms with Crippen molar-refractivity contribution in [2.24, 2.45) is 7.05 Å². The second-order valence-corrected chi connectivity index (χ2v) is 10.5. The lowest BCUT2D eigenvalue weighted by atomic mass is 10.1. The molecule has 0 aliphatic heterocycles. The van der Waals surface area contributed by atoms with Crippen molar-refractivity contribution in [2.45, 2.75) is 19.2 Å². The van der Waals surface area contributed by atoms with Gasteiger partial charge in [-0.25, -0.2) is 13.1 Å². The quantitative estimate of drug-likeness (QED) is 0.392. The molecule has 8 heteroatoms. The van der Waals surface area contributed by atoms with Gasteiger partial charge in [0.15, 0.2) is 5.43 Å². The zero-order valence-electron chi connectivity index (χ0n) is 19.4. The number of nitrogens with one attached hydrogen (secondary N) is 1.